The highest BCUT2D eigenvalue weighted by molar-refractivity contribution is 5.98. The lowest BCUT2D eigenvalue weighted by molar-refractivity contribution is -0.192. The van der Waals surface area contributed by atoms with Crippen LogP contribution in [0.1, 0.15) is 171 Å². The minimum Gasteiger partial charge on any atom is -0.386 e. The van der Waals surface area contributed by atoms with Gasteiger partial charge in [-0.3, -0.25) is 48.0 Å². The number of aldehydes is 1. The molecule has 1 fully saturated rings. The van der Waals surface area contributed by atoms with Gasteiger partial charge in [-0.2, -0.15) is 10.5 Å². The van der Waals surface area contributed by atoms with E-state index >= 15 is 0 Å². The van der Waals surface area contributed by atoms with Crippen molar-refractivity contribution in [2.24, 2.45) is 41.2 Å². The van der Waals surface area contributed by atoms with Gasteiger partial charge in [-0.15, -0.1) is 0 Å². The first-order chi connectivity index (χ1) is 49.2. The molecule has 586 valence electrons. The van der Waals surface area contributed by atoms with E-state index in [4.69, 9.17) is 20.0 Å². The normalized spacial score (nSPS) is 17.2. The molecular formula is C73H122N14O17. The van der Waals surface area contributed by atoms with E-state index in [2.05, 4.69) is 42.5 Å². The summed E-state index contributed by atoms with van der Waals surface area (Å²) >= 11 is 0. The number of primary amides is 1. The third-order valence-corrected chi connectivity index (χ3v) is 19.2. The number of anilines is 1. The molecule has 0 saturated carbocycles. The van der Waals surface area contributed by atoms with Crippen molar-refractivity contribution >= 4 is 71.2 Å². The number of carbonyl (C=O) groups is 11. The zero-order valence-electron chi connectivity index (χ0n) is 63.8. The summed E-state index contributed by atoms with van der Waals surface area (Å²) in [4.78, 5) is 157. The average molecular weight is 1470 g/mol. The first-order valence-electron chi connectivity index (χ1n) is 36.4. The molecule has 0 aliphatic carbocycles. The van der Waals surface area contributed by atoms with Gasteiger partial charge in [-0.25, -0.2) is 10.3 Å². The molecule has 0 bridgehead atoms. The van der Waals surface area contributed by atoms with Crippen molar-refractivity contribution in [2.75, 3.05) is 53.3 Å². The minimum atomic E-state index is -1.25. The molecule has 7 unspecified atom stereocenters. The minimum absolute atomic E-state index is 0.00206. The van der Waals surface area contributed by atoms with Crippen LogP contribution in [0.5, 0.6) is 0 Å². The maximum Gasteiger partial charge on any atom is 0.312 e. The number of nitrogens with two attached hydrogens (primary N) is 1. The van der Waals surface area contributed by atoms with Gasteiger partial charge in [0, 0.05) is 60.1 Å². The Bertz CT molecular complexity index is 3020. The molecule has 15 atom stereocenters. The van der Waals surface area contributed by atoms with Crippen LogP contribution in [0.25, 0.3) is 0 Å². The lowest BCUT2D eigenvalue weighted by atomic mass is 9.89. The Morgan fingerprint density at radius 1 is 0.663 bits per heavy atom. The van der Waals surface area contributed by atoms with Crippen LogP contribution < -0.4 is 59.2 Å². The van der Waals surface area contributed by atoms with Gasteiger partial charge in [0.25, 0.3) is 0 Å². The summed E-state index contributed by atoms with van der Waals surface area (Å²) < 4.78 is 12.1. The number of ether oxygens (including phenoxy) is 2. The Morgan fingerprint density at radius 2 is 1.26 bits per heavy atom. The van der Waals surface area contributed by atoms with E-state index < -0.39 is 138 Å². The molecule has 2 aromatic carbocycles. The quantitative estimate of drug-likeness (QED) is 0.0256. The summed E-state index contributed by atoms with van der Waals surface area (Å²) in [6.07, 6.45) is 0.690. The van der Waals surface area contributed by atoms with E-state index in [-0.39, 0.29) is 100 Å². The molecule has 104 heavy (non-hydrogen) atoms. The fourth-order valence-corrected chi connectivity index (χ4v) is 12.9. The fourth-order valence-electron chi connectivity index (χ4n) is 12.9. The summed E-state index contributed by atoms with van der Waals surface area (Å²) in [5.41, 5.74) is 10.7. The number of urea groups is 1. The predicted molar refractivity (Wildman–Crippen MR) is 390 cm³/mol. The molecule has 1 saturated heterocycles. The van der Waals surface area contributed by atoms with Crippen LogP contribution in [-0.4, -0.2) is 216 Å². The first kappa shape index (κ1) is 90.5. The average Bonchev–Trinajstić information content (AvgIpc) is 1.41. The second-order valence-electron chi connectivity index (χ2n) is 28.6. The fraction of sp³-hybridized carbons (Fsp3) is 0.685. The van der Waals surface area contributed by atoms with Crippen LogP contribution in [0, 0.1) is 35.5 Å². The van der Waals surface area contributed by atoms with Crippen molar-refractivity contribution in [1.82, 2.24) is 63.0 Å². The highest BCUT2D eigenvalue weighted by atomic mass is 16.7. The summed E-state index contributed by atoms with van der Waals surface area (Å²) in [5, 5.41) is 53.5. The second-order valence-corrected chi connectivity index (χ2v) is 28.6. The number of amides is 11. The largest absolute Gasteiger partial charge is 0.386 e. The Labute approximate surface area is 613 Å². The van der Waals surface area contributed by atoms with E-state index in [1.54, 1.807) is 102 Å². The highest BCUT2D eigenvalue weighted by Crippen LogP contribution is 2.31. The molecule has 15 N–H and O–H groups in total. The zero-order valence-corrected chi connectivity index (χ0v) is 63.8. The molecule has 0 spiro atoms. The number of likely N-dealkylation sites (N-methyl/N-ethyl adjacent to an activating group) is 2. The number of hydrogen-bond acceptors (Lipinski definition) is 20. The van der Waals surface area contributed by atoms with Crippen LogP contribution in [0.4, 0.5) is 10.5 Å². The molecule has 0 aromatic heterocycles. The SMILES string of the molecule is CC[C@H](C)[C@H](C(CC(=O)N1CCC[C@H]1C(OC)C(C)C(=O)NC(C)C(O)c1ccccc1)OC)N(C)C(=O)[C@@H](NC(=O)C(C(C)C)N(C)OCc1ccc(NC(=O)[C@H](CCCNO)NC(=O)[C@@H](NC(=O)CCCC(NO)C(=O)N[C@H](C(=O)N[C@H](C=O)CCCNC(N)=O)C(C)C)C(C)C)cc1)C(C)C. The molecule has 31 nitrogen and oxygen atoms in total. The van der Waals surface area contributed by atoms with Gasteiger partial charge in [0.2, 0.25) is 53.2 Å². The maximum atomic E-state index is 14.9. The molecule has 1 aliphatic heterocycles. The third-order valence-electron chi connectivity index (χ3n) is 19.2. The molecule has 2 aromatic rings. The van der Waals surface area contributed by atoms with Gasteiger partial charge in [0.1, 0.15) is 42.5 Å². The number of likely N-dealkylation sites (tertiary alicyclic amines) is 1. The third kappa shape index (κ3) is 28.6. The van der Waals surface area contributed by atoms with Crippen molar-refractivity contribution in [3.8, 4) is 0 Å². The van der Waals surface area contributed by atoms with E-state index in [9.17, 15) is 68.3 Å². The number of aliphatic hydroxyl groups is 1. The topological polar surface area (TPSA) is 432 Å². The van der Waals surface area contributed by atoms with Crippen LogP contribution >= 0.6 is 0 Å². The standard InChI is InChI=1S/C73H122N14O17/c1-17-46(10)63(56(102-15)39-58(90)87-38-24-30-55(87)65(103-16)47(11)66(92)77-48(12)64(91)50-25-19-18-20-26-50)85(13)72(98)61(44(6)7)83-71(97)62(45(8)9)86(14)104-41-49-32-34-51(35-33-49)78-67(93)53(29-23-37-76-100)80-70(96)59(42(2)3)81-57(89)31-21-28-54(84-101)68(94)82-60(43(4)5)69(95)79-52(40-88)27-22-36-75-73(74)99/h18-20,25-26,32-35,40,42-48,52-56,59-65,76,84,91,100-101H,17,21-24,27-31,36-39,41H2,1-16H3,(H,77,92)(H,78,93)(H,79,95)(H,80,96)(H,81,89)(H,82,94)(H,83,97)(H3,74,75,99)/t46-,47?,48?,52-,53-,54?,55-,56?,59-,60-,61-,62?,63+,64?,65?/m0/s1. The number of aliphatic hydroxyl groups excluding tert-OH is 1. The number of nitrogens with zero attached hydrogens (tertiary/aromatic N) is 3. The van der Waals surface area contributed by atoms with Gasteiger partial charge < -0.3 is 87.9 Å². The molecule has 11 amide bonds. The number of carbonyl (C=O) groups excluding carboxylic acids is 11. The summed E-state index contributed by atoms with van der Waals surface area (Å²) in [5.74, 6) is -7.01. The number of hydroxylamine groups is 4. The summed E-state index contributed by atoms with van der Waals surface area (Å²) in [6, 6.07) is 6.01. The molecule has 1 aliphatic rings. The van der Waals surface area contributed by atoms with Crippen molar-refractivity contribution in [2.45, 2.75) is 239 Å². The molecular weight excluding hydrogens is 1340 g/mol. The monoisotopic (exact) mass is 1470 g/mol. The van der Waals surface area contributed by atoms with Crippen LogP contribution in [0.3, 0.4) is 0 Å². The number of nitrogens with one attached hydrogen (secondary N) is 10. The van der Waals surface area contributed by atoms with Crippen molar-refractivity contribution in [1.29, 1.82) is 0 Å². The van der Waals surface area contributed by atoms with Crippen molar-refractivity contribution in [3.63, 3.8) is 0 Å². The second kappa shape index (κ2) is 46.3. The lowest BCUT2D eigenvalue weighted by Crippen LogP contribution is -2.60. The maximum absolute atomic E-state index is 14.9. The Balaban J connectivity index is 1.65. The van der Waals surface area contributed by atoms with Crippen molar-refractivity contribution in [3.05, 3.63) is 65.7 Å². The van der Waals surface area contributed by atoms with E-state index in [0.29, 0.717) is 55.3 Å². The van der Waals surface area contributed by atoms with Crippen LogP contribution in [0.2, 0.25) is 0 Å². The molecule has 31 heteroatoms. The number of methoxy groups -OCH3 is 2. The van der Waals surface area contributed by atoms with E-state index in [1.807, 2.05) is 70.7 Å². The number of hydrogen-bond donors (Lipinski definition) is 14. The van der Waals surface area contributed by atoms with Crippen molar-refractivity contribution < 1.29 is 82.6 Å². The Kier molecular flexibility index (Phi) is 40.2. The van der Waals surface area contributed by atoms with Crippen LogP contribution in [-0.2, 0) is 68.9 Å². The zero-order chi connectivity index (χ0) is 78.1. The highest BCUT2D eigenvalue weighted by Gasteiger charge is 2.44. The van der Waals surface area contributed by atoms with Gasteiger partial charge >= 0.3 is 6.03 Å². The van der Waals surface area contributed by atoms with E-state index in [1.165, 1.54) is 19.3 Å². The number of benzene rings is 2. The summed E-state index contributed by atoms with van der Waals surface area (Å²) in [7, 11) is 6.32. The van der Waals surface area contributed by atoms with Gasteiger partial charge in [-0.05, 0) is 111 Å². The van der Waals surface area contributed by atoms with E-state index in [0.717, 1.165) is 0 Å². The molecule has 3 rings (SSSR count). The Hall–Kier alpha value is -7.75. The first-order valence-corrected chi connectivity index (χ1v) is 36.4. The smallest absolute Gasteiger partial charge is 0.312 e. The molecule has 0 radical (unpaired) electrons. The van der Waals surface area contributed by atoms with Gasteiger partial charge in [0.05, 0.1) is 61.4 Å². The summed E-state index contributed by atoms with van der Waals surface area (Å²) in [6.45, 7) is 22.3. The Morgan fingerprint density at radius 3 is 1.82 bits per heavy atom. The van der Waals surface area contributed by atoms with Crippen LogP contribution in [0.15, 0.2) is 54.6 Å². The lowest BCUT2D eigenvalue weighted by Gasteiger charge is -2.41. The van der Waals surface area contributed by atoms with Gasteiger partial charge in [-0.1, -0.05) is 125 Å². The molecule has 1 heterocycles. The van der Waals surface area contributed by atoms with Gasteiger partial charge in [0.15, 0.2) is 0 Å². The number of rotatable bonds is 48. The predicted octanol–water partition coefficient (Wildman–Crippen LogP) is 3.49.